The molecule has 1 nitrogen and oxygen atoms in total. The first-order valence-electron chi connectivity index (χ1n) is 4.11. The molecule has 0 saturated heterocycles. The quantitative estimate of drug-likeness (QED) is 0.624. The van der Waals surface area contributed by atoms with Crippen molar-refractivity contribution in [2.75, 3.05) is 0 Å². The summed E-state index contributed by atoms with van der Waals surface area (Å²) in [5, 5.41) is 0. The molecule has 11 heavy (non-hydrogen) atoms. The second-order valence-electron chi connectivity index (χ2n) is 3.22. The molecule has 0 bridgehead atoms. The van der Waals surface area contributed by atoms with Crippen LogP contribution in [-0.4, -0.2) is 4.98 Å². The van der Waals surface area contributed by atoms with E-state index in [1.165, 1.54) is 18.4 Å². The van der Waals surface area contributed by atoms with Gasteiger partial charge in [0, 0.05) is 12.4 Å². The second kappa shape index (κ2) is 2.65. The highest BCUT2D eigenvalue weighted by atomic mass is 14.6. The van der Waals surface area contributed by atoms with E-state index in [0.29, 0.717) is 5.92 Å². The fraction of sp³-hybridized carbons (Fsp3) is 0.400. The van der Waals surface area contributed by atoms with E-state index in [2.05, 4.69) is 24.0 Å². The SMILES string of the molecule is [CH2][C@H](c1ccncc1)C1CC1. The van der Waals surface area contributed by atoms with Crippen LogP contribution in [0, 0.1) is 12.8 Å². The Kier molecular flexibility index (Phi) is 1.65. The van der Waals surface area contributed by atoms with Gasteiger partial charge >= 0.3 is 0 Å². The minimum atomic E-state index is 0.498. The van der Waals surface area contributed by atoms with Gasteiger partial charge in [0.25, 0.3) is 0 Å². The van der Waals surface area contributed by atoms with E-state index >= 15 is 0 Å². The molecule has 1 heteroatoms. The Balaban J connectivity index is 2.15. The Morgan fingerprint density at radius 2 is 2.00 bits per heavy atom. The zero-order valence-electron chi connectivity index (χ0n) is 6.53. The van der Waals surface area contributed by atoms with Gasteiger partial charge in [-0.15, -0.1) is 0 Å². The summed E-state index contributed by atoms with van der Waals surface area (Å²) >= 11 is 0. The van der Waals surface area contributed by atoms with Crippen LogP contribution in [-0.2, 0) is 0 Å². The van der Waals surface area contributed by atoms with Crippen molar-refractivity contribution < 1.29 is 0 Å². The maximum absolute atomic E-state index is 4.14. The number of nitrogens with zero attached hydrogens (tertiary/aromatic N) is 1. The van der Waals surface area contributed by atoms with Crippen molar-refractivity contribution in [1.82, 2.24) is 4.98 Å². The lowest BCUT2D eigenvalue weighted by atomic mass is 9.98. The lowest BCUT2D eigenvalue weighted by molar-refractivity contribution is 0.723. The first-order valence-corrected chi connectivity index (χ1v) is 4.11. The average Bonchev–Trinajstić information content (AvgIpc) is 2.87. The maximum atomic E-state index is 4.14. The van der Waals surface area contributed by atoms with Crippen molar-refractivity contribution in [3.63, 3.8) is 0 Å². The van der Waals surface area contributed by atoms with Crippen molar-refractivity contribution >= 4 is 0 Å². The third-order valence-corrected chi connectivity index (χ3v) is 2.33. The summed E-state index contributed by atoms with van der Waals surface area (Å²) in [6.07, 6.45) is 6.40. The molecule has 2 rings (SSSR count). The maximum Gasteiger partial charge on any atom is 0.0270 e. The Morgan fingerprint density at radius 1 is 1.36 bits per heavy atom. The van der Waals surface area contributed by atoms with Gasteiger partial charge in [-0.05, 0) is 49.3 Å². The summed E-state index contributed by atoms with van der Waals surface area (Å²) < 4.78 is 0. The highest BCUT2D eigenvalue weighted by molar-refractivity contribution is 5.19. The molecule has 1 fully saturated rings. The van der Waals surface area contributed by atoms with Gasteiger partial charge in [0.2, 0.25) is 0 Å². The first-order chi connectivity index (χ1) is 5.38. The molecule has 57 valence electrons. The number of hydrogen-bond donors (Lipinski definition) is 0. The largest absolute Gasteiger partial charge is 0.265 e. The summed E-state index contributed by atoms with van der Waals surface area (Å²) in [7, 11) is 0. The lowest BCUT2D eigenvalue weighted by Gasteiger charge is -2.08. The van der Waals surface area contributed by atoms with Gasteiger partial charge < -0.3 is 0 Å². The molecule has 1 aromatic rings. The molecule has 0 N–H and O–H groups in total. The van der Waals surface area contributed by atoms with E-state index in [4.69, 9.17) is 0 Å². The number of pyridine rings is 1. The molecule has 0 amide bonds. The summed E-state index contributed by atoms with van der Waals surface area (Å²) in [5.74, 6) is 1.34. The summed E-state index contributed by atoms with van der Waals surface area (Å²) in [6, 6.07) is 4.13. The minimum absolute atomic E-state index is 0.498. The van der Waals surface area contributed by atoms with Crippen LogP contribution in [0.15, 0.2) is 24.5 Å². The average molecular weight is 146 g/mol. The van der Waals surface area contributed by atoms with Crippen LogP contribution in [0.3, 0.4) is 0 Å². The van der Waals surface area contributed by atoms with Crippen LogP contribution in [0.1, 0.15) is 24.3 Å². The molecule has 1 saturated carbocycles. The molecule has 1 aromatic heterocycles. The van der Waals surface area contributed by atoms with Crippen LogP contribution in [0.25, 0.3) is 0 Å². The van der Waals surface area contributed by atoms with Gasteiger partial charge in [-0.3, -0.25) is 4.98 Å². The van der Waals surface area contributed by atoms with Crippen molar-refractivity contribution in [3.05, 3.63) is 37.0 Å². The predicted molar refractivity (Wildman–Crippen MR) is 45.1 cm³/mol. The van der Waals surface area contributed by atoms with Crippen LogP contribution < -0.4 is 0 Å². The molecule has 0 unspecified atom stereocenters. The smallest absolute Gasteiger partial charge is 0.0270 e. The monoisotopic (exact) mass is 146 g/mol. The topological polar surface area (TPSA) is 12.9 Å². The number of hydrogen-bond acceptors (Lipinski definition) is 1. The minimum Gasteiger partial charge on any atom is -0.265 e. The second-order valence-corrected chi connectivity index (χ2v) is 3.22. The molecule has 1 heterocycles. The first kappa shape index (κ1) is 6.84. The van der Waals surface area contributed by atoms with Gasteiger partial charge in [0.15, 0.2) is 0 Å². The van der Waals surface area contributed by atoms with E-state index in [1.807, 2.05) is 12.4 Å². The summed E-state index contributed by atoms with van der Waals surface area (Å²) in [5.41, 5.74) is 1.34. The zero-order chi connectivity index (χ0) is 7.68. The Hall–Kier alpha value is -0.850. The Morgan fingerprint density at radius 3 is 2.55 bits per heavy atom. The molecule has 0 spiro atoms. The standard InChI is InChI=1S/C10H12N/c1-8(9-2-3-9)10-4-6-11-7-5-10/h4-9H,1-3H2/t8-/m0/s1. The summed E-state index contributed by atoms with van der Waals surface area (Å²) in [4.78, 5) is 3.98. The zero-order valence-corrected chi connectivity index (χ0v) is 6.53. The number of rotatable bonds is 2. The van der Waals surface area contributed by atoms with Crippen molar-refractivity contribution in [2.24, 2.45) is 5.92 Å². The van der Waals surface area contributed by atoms with E-state index in [-0.39, 0.29) is 0 Å². The Bertz CT molecular complexity index is 226. The molecular formula is C10H12N. The van der Waals surface area contributed by atoms with Crippen molar-refractivity contribution in [1.29, 1.82) is 0 Å². The van der Waals surface area contributed by atoms with Crippen molar-refractivity contribution in [2.45, 2.75) is 18.8 Å². The third-order valence-electron chi connectivity index (χ3n) is 2.33. The third kappa shape index (κ3) is 1.42. The molecule has 0 aliphatic heterocycles. The van der Waals surface area contributed by atoms with E-state index in [0.717, 1.165) is 5.92 Å². The van der Waals surface area contributed by atoms with Crippen molar-refractivity contribution in [3.8, 4) is 0 Å². The normalized spacial score (nSPS) is 19.7. The lowest BCUT2D eigenvalue weighted by Crippen LogP contribution is -1.95. The van der Waals surface area contributed by atoms with Gasteiger partial charge in [-0.2, -0.15) is 0 Å². The van der Waals surface area contributed by atoms with E-state index < -0.39 is 0 Å². The highest BCUT2D eigenvalue weighted by Gasteiger charge is 2.28. The van der Waals surface area contributed by atoms with Gasteiger partial charge in [-0.25, -0.2) is 0 Å². The Labute approximate surface area is 67.5 Å². The fourth-order valence-corrected chi connectivity index (χ4v) is 1.38. The molecule has 1 radical (unpaired) electrons. The van der Waals surface area contributed by atoms with E-state index in [9.17, 15) is 0 Å². The highest BCUT2D eigenvalue weighted by Crippen LogP contribution is 2.41. The van der Waals surface area contributed by atoms with Crippen LogP contribution in [0.5, 0.6) is 0 Å². The summed E-state index contributed by atoms with van der Waals surface area (Å²) in [6.45, 7) is 4.14. The van der Waals surface area contributed by atoms with Gasteiger partial charge in [0.05, 0.1) is 0 Å². The van der Waals surface area contributed by atoms with Crippen LogP contribution >= 0.6 is 0 Å². The van der Waals surface area contributed by atoms with Gasteiger partial charge in [0.1, 0.15) is 0 Å². The van der Waals surface area contributed by atoms with Crippen LogP contribution in [0.2, 0.25) is 0 Å². The number of aromatic nitrogens is 1. The molecule has 0 aromatic carbocycles. The predicted octanol–water partition coefficient (Wildman–Crippen LogP) is 2.41. The molecular weight excluding hydrogens is 134 g/mol. The fourth-order valence-electron chi connectivity index (χ4n) is 1.38. The van der Waals surface area contributed by atoms with Gasteiger partial charge in [-0.1, -0.05) is 0 Å². The molecule has 1 aliphatic rings. The molecule has 1 aliphatic carbocycles. The van der Waals surface area contributed by atoms with Crippen LogP contribution in [0.4, 0.5) is 0 Å². The van der Waals surface area contributed by atoms with E-state index in [1.54, 1.807) is 0 Å². The molecule has 1 atom stereocenters.